The van der Waals surface area contributed by atoms with Gasteiger partial charge in [0.15, 0.2) is 0 Å². The van der Waals surface area contributed by atoms with E-state index in [-0.39, 0.29) is 32.4 Å². The van der Waals surface area contributed by atoms with Crippen LogP contribution in [0.4, 0.5) is 11.4 Å². The summed E-state index contributed by atoms with van der Waals surface area (Å²) in [6, 6.07) is 19.2. The lowest BCUT2D eigenvalue weighted by molar-refractivity contribution is -0.120. The maximum atomic E-state index is 13.0. The zero-order chi connectivity index (χ0) is 24.7. The van der Waals surface area contributed by atoms with Gasteiger partial charge in [-0.15, -0.1) is 0 Å². The van der Waals surface area contributed by atoms with Crippen LogP contribution in [0.1, 0.15) is 21.5 Å². The van der Waals surface area contributed by atoms with Crippen LogP contribution in [0.15, 0.2) is 77.5 Å². The third-order valence-electron chi connectivity index (χ3n) is 5.95. The lowest BCUT2D eigenvalue weighted by Gasteiger charge is -2.29. The van der Waals surface area contributed by atoms with E-state index in [1.54, 1.807) is 24.3 Å². The molecule has 3 amide bonds. The fraction of sp³-hybridized carbons (Fsp3) is 0.115. The van der Waals surface area contributed by atoms with E-state index in [0.717, 1.165) is 16.9 Å². The summed E-state index contributed by atoms with van der Waals surface area (Å²) in [4.78, 5) is 41.4. The third-order valence-corrected chi connectivity index (χ3v) is 6.74. The molecule has 0 unspecified atom stereocenters. The molecule has 0 aromatic heterocycles. The molecule has 6 nitrogen and oxygen atoms in total. The van der Waals surface area contributed by atoms with Crippen molar-refractivity contribution in [3.8, 4) is 0 Å². The number of nitrogens with zero attached hydrogens (tertiary/aromatic N) is 2. The van der Waals surface area contributed by atoms with E-state index in [9.17, 15) is 14.4 Å². The zero-order valence-electron chi connectivity index (χ0n) is 18.2. The van der Waals surface area contributed by atoms with E-state index in [0.29, 0.717) is 24.3 Å². The minimum Gasteiger partial charge on any atom is -0.350 e. The Balaban J connectivity index is 1.31. The van der Waals surface area contributed by atoms with Gasteiger partial charge in [0.25, 0.3) is 17.7 Å². The van der Waals surface area contributed by atoms with E-state index in [1.165, 1.54) is 23.8 Å². The predicted molar refractivity (Wildman–Crippen MR) is 137 cm³/mol. The monoisotopic (exact) mass is 525 g/mol. The molecule has 0 atom stereocenters. The molecular formula is C26H18Cl3N3O3. The first-order valence-corrected chi connectivity index (χ1v) is 11.9. The Morgan fingerprint density at radius 1 is 0.829 bits per heavy atom. The van der Waals surface area contributed by atoms with Crippen LogP contribution in [-0.2, 0) is 22.6 Å². The number of hydrogen-bond acceptors (Lipinski definition) is 4. The van der Waals surface area contributed by atoms with Crippen LogP contribution in [0.3, 0.4) is 0 Å². The Kier molecular flexibility index (Phi) is 6.28. The van der Waals surface area contributed by atoms with Gasteiger partial charge in [-0.1, -0.05) is 59.1 Å². The maximum absolute atomic E-state index is 13.0. The Hall–Kier alpha value is -3.32. The normalized spacial score (nSPS) is 15.5. The van der Waals surface area contributed by atoms with Gasteiger partial charge in [0.05, 0.1) is 5.69 Å². The molecule has 0 saturated carbocycles. The maximum Gasteiger partial charge on any atom is 0.283 e. The first-order chi connectivity index (χ1) is 16.8. The van der Waals surface area contributed by atoms with Crippen molar-refractivity contribution in [2.24, 2.45) is 0 Å². The van der Waals surface area contributed by atoms with Crippen molar-refractivity contribution in [2.45, 2.75) is 13.0 Å². The second-order valence-electron chi connectivity index (χ2n) is 8.21. The number of anilines is 2. The van der Waals surface area contributed by atoms with Crippen LogP contribution in [0, 0.1) is 0 Å². The number of nitrogens with one attached hydrogen (secondary N) is 1. The molecular weight excluding hydrogens is 509 g/mol. The summed E-state index contributed by atoms with van der Waals surface area (Å²) >= 11 is 18.2. The van der Waals surface area contributed by atoms with Crippen molar-refractivity contribution < 1.29 is 14.4 Å². The fourth-order valence-corrected chi connectivity index (χ4v) is 4.93. The van der Waals surface area contributed by atoms with Crippen molar-refractivity contribution in [1.29, 1.82) is 0 Å². The minimum atomic E-state index is -0.685. The average Bonchev–Trinajstić information content (AvgIpc) is 3.06. The van der Waals surface area contributed by atoms with Crippen molar-refractivity contribution in [3.05, 3.63) is 104 Å². The number of amides is 3. The molecule has 9 heteroatoms. The van der Waals surface area contributed by atoms with Crippen molar-refractivity contribution in [1.82, 2.24) is 4.90 Å². The van der Waals surface area contributed by atoms with Gasteiger partial charge in [-0.25, -0.2) is 4.90 Å². The van der Waals surface area contributed by atoms with Gasteiger partial charge in [0.2, 0.25) is 0 Å². The number of imide groups is 1. The summed E-state index contributed by atoms with van der Waals surface area (Å²) in [6.07, 6.45) is 0.818. The molecule has 0 fully saturated rings. The molecule has 2 aliphatic rings. The molecule has 176 valence electrons. The van der Waals surface area contributed by atoms with E-state index in [2.05, 4.69) is 11.4 Å². The summed E-state index contributed by atoms with van der Waals surface area (Å²) in [6.45, 7) is 1.22. The standard InChI is InChI=1S/C26H18Cl3N3O3/c27-18-11-19(28)13-21(12-18)32-25(34)22(29)23(26(32)35)30-20-7-5-16(6-8-20)24(33)31-10-9-15-3-1-2-4-17(15)14-31/h1-8,11-13,30H,9-10,14H2. The van der Waals surface area contributed by atoms with Gasteiger partial charge in [-0.05, 0) is 60.0 Å². The van der Waals surface area contributed by atoms with Crippen molar-refractivity contribution in [3.63, 3.8) is 0 Å². The predicted octanol–water partition coefficient (Wildman–Crippen LogP) is 5.63. The molecule has 0 saturated heterocycles. The smallest absolute Gasteiger partial charge is 0.283 e. The van der Waals surface area contributed by atoms with Gasteiger partial charge in [0.1, 0.15) is 10.7 Å². The highest BCUT2D eigenvalue weighted by atomic mass is 35.5. The van der Waals surface area contributed by atoms with Crippen LogP contribution >= 0.6 is 34.8 Å². The molecule has 1 N–H and O–H groups in total. The van der Waals surface area contributed by atoms with E-state index in [4.69, 9.17) is 34.8 Å². The molecule has 0 spiro atoms. The van der Waals surface area contributed by atoms with E-state index in [1.807, 2.05) is 23.1 Å². The highest BCUT2D eigenvalue weighted by molar-refractivity contribution is 6.53. The Bertz CT molecular complexity index is 1380. The number of fused-ring (bicyclic) bond motifs is 1. The number of carbonyl (C=O) groups is 3. The number of carbonyl (C=O) groups excluding carboxylic acids is 3. The van der Waals surface area contributed by atoms with Gasteiger partial charge in [0, 0.05) is 34.4 Å². The summed E-state index contributed by atoms with van der Waals surface area (Å²) in [7, 11) is 0. The quantitative estimate of drug-likeness (QED) is 0.448. The Morgan fingerprint density at radius 2 is 1.49 bits per heavy atom. The highest BCUT2D eigenvalue weighted by Gasteiger charge is 2.39. The summed E-state index contributed by atoms with van der Waals surface area (Å²) < 4.78 is 0. The topological polar surface area (TPSA) is 69.7 Å². The Labute approximate surface area is 216 Å². The van der Waals surface area contributed by atoms with Gasteiger partial charge in [-0.3, -0.25) is 14.4 Å². The van der Waals surface area contributed by atoms with Crippen molar-refractivity contribution >= 4 is 63.9 Å². The third kappa shape index (κ3) is 4.52. The highest BCUT2D eigenvalue weighted by Crippen LogP contribution is 2.33. The molecule has 2 aliphatic heterocycles. The average molecular weight is 527 g/mol. The SMILES string of the molecule is O=C(c1ccc(NC2=C(Cl)C(=O)N(c3cc(Cl)cc(Cl)c3)C2=O)cc1)N1CCc2ccccc2C1. The molecule has 2 heterocycles. The number of rotatable bonds is 4. The lowest BCUT2D eigenvalue weighted by Crippen LogP contribution is -2.35. The first kappa shape index (κ1) is 23.4. The molecule has 0 radical (unpaired) electrons. The Morgan fingerprint density at radius 3 is 2.17 bits per heavy atom. The van der Waals surface area contributed by atoms with Crippen LogP contribution in [-0.4, -0.2) is 29.2 Å². The van der Waals surface area contributed by atoms with Crippen LogP contribution in [0.5, 0.6) is 0 Å². The van der Waals surface area contributed by atoms with Crippen LogP contribution < -0.4 is 10.2 Å². The van der Waals surface area contributed by atoms with Gasteiger partial charge < -0.3 is 10.2 Å². The van der Waals surface area contributed by atoms with Gasteiger partial charge >= 0.3 is 0 Å². The number of halogens is 3. The summed E-state index contributed by atoms with van der Waals surface area (Å²) in [5.74, 6) is -1.39. The summed E-state index contributed by atoms with van der Waals surface area (Å²) in [5.41, 5.74) is 3.61. The zero-order valence-corrected chi connectivity index (χ0v) is 20.5. The number of hydrogen-bond donors (Lipinski definition) is 1. The second kappa shape index (κ2) is 9.38. The minimum absolute atomic E-state index is 0.0699. The summed E-state index contributed by atoms with van der Waals surface area (Å²) in [5, 5.41) is 3.21. The second-order valence-corrected chi connectivity index (χ2v) is 9.46. The largest absolute Gasteiger partial charge is 0.350 e. The molecule has 0 aliphatic carbocycles. The van der Waals surface area contributed by atoms with Crippen molar-refractivity contribution in [2.75, 3.05) is 16.8 Å². The molecule has 35 heavy (non-hydrogen) atoms. The molecule has 5 rings (SSSR count). The van der Waals surface area contributed by atoms with Gasteiger partial charge in [-0.2, -0.15) is 0 Å². The number of benzene rings is 3. The van der Waals surface area contributed by atoms with E-state index >= 15 is 0 Å². The first-order valence-electron chi connectivity index (χ1n) is 10.8. The molecule has 0 bridgehead atoms. The van der Waals surface area contributed by atoms with E-state index < -0.39 is 11.8 Å². The lowest BCUT2D eigenvalue weighted by atomic mass is 9.99. The molecule has 3 aromatic rings. The fourth-order valence-electron chi connectivity index (χ4n) is 4.21. The molecule has 3 aromatic carbocycles. The van der Waals surface area contributed by atoms with Crippen LogP contribution in [0.2, 0.25) is 10.0 Å². The van der Waals surface area contributed by atoms with Crippen LogP contribution in [0.25, 0.3) is 0 Å².